The Labute approximate surface area is 153 Å². The zero-order valence-electron chi connectivity index (χ0n) is 14.6. The number of amides is 1. The van der Waals surface area contributed by atoms with E-state index in [9.17, 15) is 13.2 Å². The molecule has 0 fully saturated rings. The number of carbonyl (C=O) groups is 1. The second-order valence-electron chi connectivity index (χ2n) is 5.52. The molecule has 6 nitrogen and oxygen atoms in total. The van der Waals surface area contributed by atoms with E-state index in [-0.39, 0.29) is 10.8 Å². The molecule has 2 rings (SSSR count). The number of hydrogen-bond donors (Lipinski definition) is 2. The molecular weight excluding hydrogens is 352 g/mol. The van der Waals surface area contributed by atoms with E-state index >= 15 is 0 Å². The van der Waals surface area contributed by atoms with Crippen molar-refractivity contribution >= 4 is 27.3 Å². The van der Waals surface area contributed by atoms with Gasteiger partial charge in [-0.1, -0.05) is 32.1 Å². The third kappa shape index (κ3) is 5.35. The molecule has 2 aromatic carbocycles. The van der Waals surface area contributed by atoms with Crippen LogP contribution in [0.1, 0.15) is 19.8 Å². The second-order valence-corrected chi connectivity index (χ2v) is 7.20. The molecule has 0 radical (unpaired) electrons. The third-order valence-electron chi connectivity index (χ3n) is 3.50. The van der Waals surface area contributed by atoms with Gasteiger partial charge in [0.2, 0.25) is 5.91 Å². The average molecular weight is 374 g/mol. The van der Waals surface area contributed by atoms with Gasteiger partial charge in [-0.2, -0.15) is 0 Å². The van der Waals surface area contributed by atoms with E-state index in [1.165, 1.54) is 24.3 Å². The standard InChI is InChI=1S/C19H22N2O4S/c1-3-5-14-25-18-9-7-6-8-17(18)21-26(23,24)16-12-10-15(11-13-16)20-19(22)4-2/h4,6-13,21H,2-3,5,14H2,1H3,(H,20,22). The Morgan fingerprint density at radius 3 is 2.50 bits per heavy atom. The molecule has 0 aliphatic heterocycles. The topological polar surface area (TPSA) is 84.5 Å². The molecule has 1 amide bonds. The van der Waals surface area contributed by atoms with Crippen molar-refractivity contribution < 1.29 is 17.9 Å². The molecule has 0 saturated carbocycles. The number of carbonyl (C=O) groups excluding carboxylic acids is 1. The molecule has 0 spiro atoms. The number of anilines is 2. The summed E-state index contributed by atoms with van der Waals surface area (Å²) in [4.78, 5) is 11.4. The molecule has 26 heavy (non-hydrogen) atoms. The first-order chi connectivity index (χ1) is 12.5. The summed E-state index contributed by atoms with van der Waals surface area (Å²) in [5, 5.41) is 2.57. The van der Waals surface area contributed by atoms with Gasteiger partial charge in [0.25, 0.3) is 10.0 Å². The van der Waals surface area contributed by atoms with Gasteiger partial charge in [0.15, 0.2) is 0 Å². The molecule has 0 saturated heterocycles. The highest BCUT2D eigenvalue weighted by molar-refractivity contribution is 7.92. The lowest BCUT2D eigenvalue weighted by Crippen LogP contribution is -2.14. The summed E-state index contributed by atoms with van der Waals surface area (Å²) < 4.78 is 33.4. The van der Waals surface area contributed by atoms with Crippen molar-refractivity contribution in [3.8, 4) is 5.75 Å². The third-order valence-corrected chi connectivity index (χ3v) is 4.89. The van der Waals surface area contributed by atoms with Crippen molar-refractivity contribution in [1.82, 2.24) is 0 Å². The predicted octanol–water partition coefficient (Wildman–Crippen LogP) is 3.79. The molecule has 0 aliphatic carbocycles. The van der Waals surface area contributed by atoms with Crippen molar-refractivity contribution in [1.29, 1.82) is 0 Å². The van der Waals surface area contributed by atoms with Crippen molar-refractivity contribution in [2.45, 2.75) is 24.7 Å². The van der Waals surface area contributed by atoms with Crippen molar-refractivity contribution in [2.75, 3.05) is 16.6 Å². The van der Waals surface area contributed by atoms with Crippen molar-refractivity contribution in [2.24, 2.45) is 0 Å². The van der Waals surface area contributed by atoms with Crippen LogP contribution in [0.15, 0.2) is 66.1 Å². The molecule has 138 valence electrons. The molecule has 0 aromatic heterocycles. The van der Waals surface area contributed by atoms with Crippen LogP contribution in [0.3, 0.4) is 0 Å². The van der Waals surface area contributed by atoms with Crippen molar-refractivity contribution in [3.63, 3.8) is 0 Å². The summed E-state index contributed by atoms with van der Waals surface area (Å²) in [6.07, 6.45) is 3.02. The number of rotatable bonds is 9. The summed E-state index contributed by atoms with van der Waals surface area (Å²) in [6, 6.07) is 12.8. The van der Waals surface area contributed by atoms with Crippen LogP contribution >= 0.6 is 0 Å². The van der Waals surface area contributed by atoms with E-state index < -0.39 is 10.0 Å². The highest BCUT2D eigenvalue weighted by Gasteiger charge is 2.16. The van der Waals surface area contributed by atoms with Crippen LogP contribution in [-0.2, 0) is 14.8 Å². The van der Waals surface area contributed by atoms with Crippen LogP contribution in [0.4, 0.5) is 11.4 Å². The highest BCUT2D eigenvalue weighted by atomic mass is 32.2. The van der Waals surface area contributed by atoms with E-state index in [0.29, 0.717) is 23.7 Å². The van der Waals surface area contributed by atoms with Gasteiger partial charge in [-0.15, -0.1) is 0 Å². The number of nitrogens with one attached hydrogen (secondary N) is 2. The summed E-state index contributed by atoms with van der Waals surface area (Å²) >= 11 is 0. The molecule has 2 aromatic rings. The smallest absolute Gasteiger partial charge is 0.262 e. The fourth-order valence-electron chi connectivity index (χ4n) is 2.12. The Morgan fingerprint density at radius 1 is 1.15 bits per heavy atom. The molecule has 0 atom stereocenters. The number of para-hydroxylation sites is 2. The van der Waals surface area contributed by atoms with Gasteiger partial charge in [0.05, 0.1) is 17.2 Å². The first kappa shape index (κ1) is 19.5. The quantitative estimate of drug-likeness (QED) is 0.517. The second kappa shape index (κ2) is 9.05. The maximum atomic E-state index is 12.6. The lowest BCUT2D eigenvalue weighted by Gasteiger charge is -2.13. The average Bonchev–Trinajstić information content (AvgIpc) is 2.63. The maximum Gasteiger partial charge on any atom is 0.262 e. The number of benzene rings is 2. The van der Waals surface area contributed by atoms with Gasteiger partial charge in [0.1, 0.15) is 5.75 Å². The summed E-state index contributed by atoms with van der Waals surface area (Å²) in [5.41, 5.74) is 0.866. The van der Waals surface area contributed by atoms with Crippen LogP contribution in [0.5, 0.6) is 5.75 Å². The number of sulfonamides is 1. The van der Waals surface area contributed by atoms with E-state index in [0.717, 1.165) is 18.9 Å². The van der Waals surface area contributed by atoms with Gasteiger partial charge in [0, 0.05) is 5.69 Å². The molecule has 2 N–H and O–H groups in total. The van der Waals surface area contributed by atoms with Gasteiger partial charge in [-0.3, -0.25) is 9.52 Å². The van der Waals surface area contributed by atoms with Crippen molar-refractivity contribution in [3.05, 3.63) is 61.2 Å². The fraction of sp³-hybridized carbons (Fsp3) is 0.211. The van der Waals surface area contributed by atoms with Gasteiger partial charge >= 0.3 is 0 Å². The zero-order chi connectivity index (χ0) is 19.0. The Morgan fingerprint density at radius 2 is 1.85 bits per heavy atom. The monoisotopic (exact) mass is 374 g/mol. The number of hydrogen-bond acceptors (Lipinski definition) is 4. The summed E-state index contributed by atoms with van der Waals surface area (Å²) in [7, 11) is -3.78. The first-order valence-corrected chi connectivity index (χ1v) is 9.72. The molecule has 0 unspecified atom stereocenters. The highest BCUT2D eigenvalue weighted by Crippen LogP contribution is 2.27. The Kier molecular flexibility index (Phi) is 6.80. The van der Waals surface area contributed by atoms with E-state index in [2.05, 4.69) is 23.5 Å². The maximum absolute atomic E-state index is 12.6. The van der Waals surface area contributed by atoms with Crippen LogP contribution < -0.4 is 14.8 Å². The van der Waals surface area contributed by atoms with Crippen LogP contribution in [-0.4, -0.2) is 20.9 Å². The van der Waals surface area contributed by atoms with E-state index in [1.54, 1.807) is 24.3 Å². The predicted molar refractivity (Wildman–Crippen MR) is 103 cm³/mol. The normalized spacial score (nSPS) is 10.8. The zero-order valence-corrected chi connectivity index (χ0v) is 15.4. The van der Waals surface area contributed by atoms with Crippen LogP contribution in [0, 0.1) is 0 Å². The fourth-order valence-corrected chi connectivity index (χ4v) is 3.19. The lowest BCUT2D eigenvalue weighted by atomic mass is 10.3. The Balaban J connectivity index is 2.16. The molecule has 7 heteroatoms. The SMILES string of the molecule is C=CC(=O)Nc1ccc(S(=O)(=O)Nc2ccccc2OCCCC)cc1. The number of ether oxygens (including phenoxy) is 1. The first-order valence-electron chi connectivity index (χ1n) is 8.24. The molecule has 0 aliphatic rings. The number of unbranched alkanes of at least 4 members (excludes halogenated alkanes) is 1. The Bertz CT molecular complexity index is 861. The summed E-state index contributed by atoms with van der Waals surface area (Å²) in [5.74, 6) is 0.122. The van der Waals surface area contributed by atoms with Gasteiger partial charge in [-0.05, 0) is 48.9 Å². The summed E-state index contributed by atoms with van der Waals surface area (Å²) in [6.45, 7) is 5.94. The van der Waals surface area contributed by atoms with Crippen LogP contribution in [0.2, 0.25) is 0 Å². The minimum Gasteiger partial charge on any atom is -0.491 e. The van der Waals surface area contributed by atoms with Crippen LogP contribution in [0.25, 0.3) is 0 Å². The molecule has 0 bridgehead atoms. The largest absolute Gasteiger partial charge is 0.491 e. The molecular formula is C19H22N2O4S. The van der Waals surface area contributed by atoms with E-state index in [4.69, 9.17) is 4.74 Å². The van der Waals surface area contributed by atoms with Gasteiger partial charge < -0.3 is 10.1 Å². The van der Waals surface area contributed by atoms with Gasteiger partial charge in [-0.25, -0.2) is 8.42 Å². The lowest BCUT2D eigenvalue weighted by molar-refractivity contribution is -0.111. The minimum absolute atomic E-state index is 0.0810. The minimum atomic E-state index is -3.78. The molecule has 0 heterocycles. The van der Waals surface area contributed by atoms with E-state index in [1.807, 2.05) is 0 Å². The Hall–Kier alpha value is -2.80.